The van der Waals surface area contributed by atoms with E-state index in [-0.39, 0.29) is 5.91 Å². The first-order valence-electron chi connectivity index (χ1n) is 9.03. The Balaban J connectivity index is 1.45. The van der Waals surface area contributed by atoms with Crippen LogP contribution in [0.1, 0.15) is 26.4 Å². The first-order valence-corrected chi connectivity index (χ1v) is 9.85. The van der Waals surface area contributed by atoms with Crippen molar-refractivity contribution in [3.8, 4) is 16.2 Å². The Kier molecular flexibility index (Phi) is 3.77. The lowest BCUT2D eigenvalue weighted by Gasteiger charge is -2.25. The molecule has 0 unspecified atom stereocenters. The van der Waals surface area contributed by atoms with Gasteiger partial charge in [-0.3, -0.25) is 4.79 Å². The Labute approximate surface area is 165 Å². The highest BCUT2D eigenvalue weighted by Crippen LogP contribution is 2.42. The number of rotatable bonds is 3. The summed E-state index contributed by atoms with van der Waals surface area (Å²) in [5.41, 5.74) is 2.55. The summed E-state index contributed by atoms with van der Waals surface area (Å²) in [5, 5.41) is 12.7. The number of carbonyl (C=O) groups excluding carboxylic acids is 1. The molecule has 1 aromatic heterocycles. The van der Waals surface area contributed by atoms with Crippen LogP contribution in [0.25, 0.3) is 10.4 Å². The number of thiophene rings is 1. The van der Waals surface area contributed by atoms with Crippen LogP contribution < -0.4 is 10.1 Å². The summed E-state index contributed by atoms with van der Waals surface area (Å²) in [4.78, 5) is 26.6. The van der Waals surface area contributed by atoms with Crippen molar-refractivity contribution >= 4 is 23.2 Å². The minimum absolute atomic E-state index is 0.293. The molecular weight excluding hydrogens is 374 g/mol. The normalized spacial score (nSPS) is 15.7. The Hall–Kier alpha value is -3.12. The minimum Gasteiger partial charge on any atom is -0.488 e. The quantitative estimate of drug-likeness (QED) is 0.715. The highest BCUT2D eigenvalue weighted by Gasteiger charge is 2.45. The van der Waals surface area contributed by atoms with Crippen molar-refractivity contribution in [2.45, 2.75) is 25.0 Å². The van der Waals surface area contributed by atoms with Crippen molar-refractivity contribution in [1.82, 2.24) is 5.32 Å². The maximum atomic E-state index is 13.0. The van der Waals surface area contributed by atoms with E-state index in [2.05, 4.69) is 5.32 Å². The van der Waals surface area contributed by atoms with Gasteiger partial charge in [0.2, 0.25) is 0 Å². The lowest BCUT2D eigenvalue weighted by molar-refractivity contribution is -0.144. The number of amides is 1. The Bertz CT molecular complexity index is 1090. The number of carbonyl (C=O) groups is 2. The second-order valence-electron chi connectivity index (χ2n) is 7.21. The zero-order valence-corrected chi connectivity index (χ0v) is 15.7. The number of carboxylic acid groups (broad SMARTS) is 1. The van der Waals surface area contributed by atoms with Crippen molar-refractivity contribution in [1.29, 1.82) is 0 Å². The third-order valence-electron chi connectivity index (χ3n) is 5.41. The molecule has 28 heavy (non-hydrogen) atoms. The van der Waals surface area contributed by atoms with Gasteiger partial charge in [-0.2, -0.15) is 0 Å². The summed E-state index contributed by atoms with van der Waals surface area (Å²) in [7, 11) is 0. The maximum Gasteiger partial charge on any atom is 0.330 e. The molecule has 3 aromatic rings. The summed E-state index contributed by atoms with van der Waals surface area (Å²) in [6.45, 7) is 0.408. The molecule has 0 saturated heterocycles. The SMILES string of the molecule is O=C(NC1(C(=O)O)Cc2ccccc2C1)c1cc2c(s1)-c1ccccc1OC2. The highest BCUT2D eigenvalue weighted by atomic mass is 32.1. The van der Waals surface area contributed by atoms with Gasteiger partial charge < -0.3 is 15.2 Å². The second-order valence-corrected chi connectivity index (χ2v) is 8.27. The van der Waals surface area contributed by atoms with Gasteiger partial charge >= 0.3 is 5.97 Å². The van der Waals surface area contributed by atoms with Crippen LogP contribution in [0.15, 0.2) is 54.6 Å². The number of hydrogen-bond acceptors (Lipinski definition) is 4. The minimum atomic E-state index is -1.31. The van der Waals surface area contributed by atoms with Gasteiger partial charge in [0.05, 0.1) is 4.88 Å². The largest absolute Gasteiger partial charge is 0.488 e. The van der Waals surface area contributed by atoms with Gasteiger partial charge in [0.1, 0.15) is 17.9 Å². The van der Waals surface area contributed by atoms with Crippen LogP contribution in [0.2, 0.25) is 0 Å². The van der Waals surface area contributed by atoms with E-state index in [1.165, 1.54) is 11.3 Å². The number of fused-ring (bicyclic) bond motifs is 4. The third kappa shape index (κ3) is 2.60. The van der Waals surface area contributed by atoms with Crippen LogP contribution in [0.4, 0.5) is 0 Å². The summed E-state index contributed by atoms with van der Waals surface area (Å²) >= 11 is 1.38. The van der Waals surface area contributed by atoms with Gasteiger partial charge in [0, 0.05) is 28.8 Å². The van der Waals surface area contributed by atoms with E-state index in [9.17, 15) is 14.7 Å². The molecule has 1 aliphatic heterocycles. The van der Waals surface area contributed by atoms with Crippen molar-refractivity contribution in [2.75, 3.05) is 0 Å². The number of hydrogen-bond donors (Lipinski definition) is 2. The van der Waals surface area contributed by atoms with Crippen molar-refractivity contribution in [2.24, 2.45) is 0 Å². The van der Waals surface area contributed by atoms with E-state index in [0.717, 1.165) is 32.9 Å². The van der Waals surface area contributed by atoms with Gasteiger partial charge in [0.25, 0.3) is 5.91 Å². The molecule has 0 atom stereocenters. The van der Waals surface area contributed by atoms with Gasteiger partial charge in [-0.25, -0.2) is 4.79 Å². The van der Waals surface area contributed by atoms with Gasteiger partial charge in [-0.15, -0.1) is 11.3 Å². The molecule has 0 fully saturated rings. The summed E-state index contributed by atoms with van der Waals surface area (Å²) in [6, 6.07) is 17.2. The lowest BCUT2D eigenvalue weighted by atomic mass is 9.95. The van der Waals surface area contributed by atoms with E-state index in [4.69, 9.17) is 4.74 Å². The van der Waals surface area contributed by atoms with E-state index < -0.39 is 11.5 Å². The summed E-state index contributed by atoms with van der Waals surface area (Å²) in [5.74, 6) is -0.559. The van der Waals surface area contributed by atoms with Crippen LogP contribution >= 0.6 is 11.3 Å². The lowest BCUT2D eigenvalue weighted by Crippen LogP contribution is -2.55. The molecule has 5 rings (SSSR count). The zero-order valence-electron chi connectivity index (χ0n) is 14.9. The first-order chi connectivity index (χ1) is 13.6. The Morgan fingerprint density at radius 1 is 1.00 bits per heavy atom. The van der Waals surface area contributed by atoms with Gasteiger partial charge in [-0.1, -0.05) is 36.4 Å². The smallest absolute Gasteiger partial charge is 0.330 e. The summed E-state index contributed by atoms with van der Waals surface area (Å²) < 4.78 is 5.76. The van der Waals surface area contributed by atoms with Crippen LogP contribution in [0.3, 0.4) is 0 Å². The van der Waals surface area contributed by atoms with E-state index in [1.54, 1.807) is 0 Å². The average Bonchev–Trinajstić information content (AvgIpc) is 3.30. The molecule has 6 heteroatoms. The van der Waals surface area contributed by atoms with Gasteiger partial charge in [-0.05, 0) is 29.3 Å². The Morgan fingerprint density at radius 3 is 2.39 bits per heavy atom. The number of nitrogens with one attached hydrogen (secondary N) is 1. The van der Waals surface area contributed by atoms with Crippen LogP contribution in [0, 0.1) is 0 Å². The molecule has 2 heterocycles. The number of para-hydroxylation sites is 1. The van der Waals surface area contributed by atoms with Crippen molar-refractivity contribution < 1.29 is 19.4 Å². The number of aliphatic carboxylic acids is 1. The van der Waals surface area contributed by atoms with Crippen molar-refractivity contribution in [3.05, 3.63) is 76.2 Å². The number of benzene rings is 2. The molecule has 1 aliphatic carbocycles. The molecule has 0 radical (unpaired) electrons. The fourth-order valence-corrected chi connectivity index (χ4v) is 5.09. The van der Waals surface area contributed by atoms with E-state index in [0.29, 0.717) is 24.3 Å². The molecule has 0 spiro atoms. The average molecular weight is 391 g/mol. The molecule has 0 bridgehead atoms. The van der Waals surface area contributed by atoms with Crippen LogP contribution in [-0.2, 0) is 24.2 Å². The molecule has 5 nitrogen and oxygen atoms in total. The molecule has 0 saturated carbocycles. The fourth-order valence-electron chi connectivity index (χ4n) is 4.00. The van der Waals surface area contributed by atoms with Gasteiger partial charge in [0.15, 0.2) is 0 Å². The Morgan fingerprint density at radius 2 is 1.68 bits per heavy atom. The molecular formula is C22H17NO4S. The van der Waals surface area contributed by atoms with E-state index in [1.807, 2.05) is 54.6 Å². The molecule has 140 valence electrons. The zero-order chi connectivity index (χ0) is 19.3. The monoisotopic (exact) mass is 391 g/mol. The molecule has 2 N–H and O–H groups in total. The fraction of sp³-hybridized carbons (Fsp3) is 0.182. The predicted octanol–water partition coefficient (Wildman–Crippen LogP) is 3.66. The highest BCUT2D eigenvalue weighted by molar-refractivity contribution is 7.17. The topological polar surface area (TPSA) is 75.6 Å². The maximum absolute atomic E-state index is 13.0. The van der Waals surface area contributed by atoms with Crippen molar-refractivity contribution in [3.63, 3.8) is 0 Å². The number of ether oxygens (including phenoxy) is 1. The van der Waals surface area contributed by atoms with E-state index >= 15 is 0 Å². The standard InChI is InChI=1S/C22H17NO4S/c24-20(23-22(21(25)26)10-13-5-1-2-6-14(13)11-22)18-9-15-12-27-17-8-4-3-7-16(17)19(15)28-18/h1-9H,10-12H2,(H,23,24)(H,25,26). The number of carboxylic acids is 1. The predicted molar refractivity (Wildman–Crippen MR) is 106 cm³/mol. The third-order valence-corrected chi connectivity index (χ3v) is 6.62. The first kappa shape index (κ1) is 17.0. The second kappa shape index (κ2) is 6.21. The molecule has 2 aliphatic rings. The van der Waals surface area contributed by atoms with Crippen LogP contribution in [0.5, 0.6) is 5.75 Å². The summed E-state index contributed by atoms with van der Waals surface area (Å²) in [6.07, 6.45) is 0.586. The molecule has 1 amide bonds. The van der Waals surface area contributed by atoms with Crippen LogP contribution in [-0.4, -0.2) is 22.5 Å². The molecule has 2 aromatic carbocycles.